The van der Waals surface area contributed by atoms with Gasteiger partial charge in [0.25, 0.3) is 0 Å². The van der Waals surface area contributed by atoms with Crippen LogP contribution in [-0.2, 0) is 0 Å². The number of anilines is 1. The molecule has 2 aromatic heterocycles. The summed E-state index contributed by atoms with van der Waals surface area (Å²) in [5.41, 5.74) is 7.43. The van der Waals surface area contributed by atoms with Crippen LogP contribution in [0.4, 0.5) is 5.82 Å². The Balaban J connectivity index is 2.08. The number of rotatable bonds is 2. The van der Waals surface area contributed by atoms with Crippen LogP contribution in [0.2, 0.25) is 0 Å². The lowest BCUT2D eigenvalue weighted by atomic mass is 10.2. The lowest BCUT2D eigenvalue weighted by Gasteiger charge is -2.28. The molecule has 0 radical (unpaired) electrons. The molecule has 2 aromatic rings. The van der Waals surface area contributed by atoms with Crippen LogP contribution >= 0.6 is 34.9 Å². The summed E-state index contributed by atoms with van der Waals surface area (Å²) in [6.45, 7) is 6.48. The van der Waals surface area contributed by atoms with Crippen LogP contribution in [0.5, 0.6) is 0 Å². The van der Waals surface area contributed by atoms with E-state index >= 15 is 0 Å². The highest BCUT2D eigenvalue weighted by atomic mass is 32.2. The SMILES string of the molecule is CCC1SCCSC1c1nc(N)c2c(C)c(C)sc2n1. The fraction of sp³-hybridized carbons (Fsp3) is 0.571. The normalized spacial score (nSPS) is 23.4. The first kappa shape index (κ1) is 14.5. The Morgan fingerprint density at radius 3 is 2.70 bits per heavy atom. The van der Waals surface area contributed by atoms with Crippen molar-refractivity contribution in [1.82, 2.24) is 9.97 Å². The largest absolute Gasteiger partial charge is 0.383 e. The van der Waals surface area contributed by atoms with Gasteiger partial charge in [-0.1, -0.05) is 6.92 Å². The third kappa shape index (κ3) is 2.42. The zero-order valence-electron chi connectivity index (χ0n) is 12.0. The van der Waals surface area contributed by atoms with E-state index in [2.05, 4.69) is 25.8 Å². The molecule has 3 heterocycles. The van der Waals surface area contributed by atoms with Gasteiger partial charge in [-0.05, 0) is 25.8 Å². The predicted octanol–water partition coefficient (Wildman–Crippen LogP) is 4.19. The number of thiophene rings is 1. The Labute approximate surface area is 132 Å². The number of thioether (sulfide) groups is 2. The molecular weight excluding hydrogens is 306 g/mol. The number of aromatic nitrogens is 2. The van der Waals surface area contributed by atoms with Crippen molar-refractivity contribution in [2.75, 3.05) is 17.2 Å². The van der Waals surface area contributed by atoms with Gasteiger partial charge in [-0.15, -0.1) is 23.1 Å². The van der Waals surface area contributed by atoms with Crippen LogP contribution < -0.4 is 5.73 Å². The number of aryl methyl sites for hydroxylation is 2. The highest BCUT2D eigenvalue weighted by Gasteiger charge is 2.29. The summed E-state index contributed by atoms with van der Waals surface area (Å²) < 4.78 is 0. The van der Waals surface area contributed by atoms with E-state index in [-0.39, 0.29) is 0 Å². The van der Waals surface area contributed by atoms with E-state index in [0.717, 1.165) is 22.5 Å². The molecule has 2 unspecified atom stereocenters. The van der Waals surface area contributed by atoms with E-state index in [0.29, 0.717) is 16.3 Å². The smallest absolute Gasteiger partial charge is 0.146 e. The molecule has 3 rings (SSSR count). The second kappa shape index (κ2) is 5.73. The Bertz CT molecular complexity index is 638. The quantitative estimate of drug-likeness (QED) is 0.897. The summed E-state index contributed by atoms with van der Waals surface area (Å²) in [6, 6.07) is 0. The molecule has 0 amide bonds. The Kier molecular flexibility index (Phi) is 4.15. The Morgan fingerprint density at radius 1 is 1.20 bits per heavy atom. The average molecular weight is 326 g/mol. The molecule has 108 valence electrons. The number of hydrogen-bond acceptors (Lipinski definition) is 6. The van der Waals surface area contributed by atoms with Crippen molar-refractivity contribution in [3.63, 3.8) is 0 Å². The van der Waals surface area contributed by atoms with E-state index in [9.17, 15) is 0 Å². The summed E-state index contributed by atoms with van der Waals surface area (Å²) >= 11 is 5.76. The van der Waals surface area contributed by atoms with Crippen LogP contribution in [0.3, 0.4) is 0 Å². The lowest BCUT2D eigenvalue weighted by Crippen LogP contribution is -2.20. The minimum absolute atomic E-state index is 0.383. The van der Waals surface area contributed by atoms with E-state index in [1.54, 1.807) is 11.3 Å². The van der Waals surface area contributed by atoms with Gasteiger partial charge in [-0.2, -0.15) is 11.8 Å². The van der Waals surface area contributed by atoms with Crippen molar-refractivity contribution in [2.24, 2.45) is 0 Å². The van der Waals surface area contributed by atoms with Crippen LogP contribution in [0, 0.1) is 13.8 Å². The standard InChI is InChI=1S/C14H19N3S3/c1-4-9-11(19-6-5-18-9)13-16-12(15)10-7(2)8(3)20-14(10)17-13/h9,11H,4-6H2,1-3H3,(H2,15,16,17). The molecule has 0 saturated carbocycles. The van der Waals surface area contributed by atoms with Gasteiger partial charge in [0, 0.05) is 21.6 Å². The third-order valence-electron chi connectivity index (χ3n) is 3.78. The molecule has 3 nitrogen and oxygen atoms in total. The van der Waals surface area contributed by atoms with Gasteiger partial charge in [0.2, 0.25) is 0 Å². The number of nitrogen functional groups attached to an aromatic ring is 1. The van der Waals surface area contributed by atoms with E-state index in [4.69, 9.17) is 10.7 Å². The van der Waals surface area contributed by atoms with Crippen LogP contribution in [0.1, 0.15) is 34.9 Å². The van der Waals surface area contributed by atoms with Crippen molar-refractivity contribution in [3.05, 3.63) is 16.3 Å². The van der Waals surface area contributed by atoms with Crippen LogP contribution in [-0.4, -0.2) is 26.7 Å². The molecule has 0 aromatic carbocycles. The summed E-state index contributed by atoms with van der Waals surface area (Å²) in [6.07, 6.45) is 1.16. The fourth-order valence-corrected chi connectivity index (χ4v) is 6.60. The van der Waals surface area contributed by atoms with Gasteiger partial charge in [0.15, 0.2) is 0 Å². The van der Waals surface area contributed by atoms with E-state index in [1.165, 1.54) is 21.9 Å². The zero-order chi connectivity index (χ0) is 14.3. The second-order valence-electron chi connectivity index (χ2n) is 5.04. The molecule has 6 heteroatoms. The molecule has 0 bridgehead atoms. The van der Waals surface area contributed by atoms with Gasteiger partial charge in [0.1, 0.15) is 16.5 Å². The molecule has 0 aliphatic carbocycles. The average Bonchev–Trinajstić information content (AvgIpc) is 2.74. The first-order chi connectivity index (χ1) is 9.61. The first-order valence-corrected chi connectivity index (χ1v) is 9.79. The maximum atomic E-state index is 6.20. The molecule has 1 aliphatic rings. The van der Waals surface area contributed by atoms with Crippen molar-refractivity contribution in [3.8, 4) is 0 Å². The third-order valence-corrected chi connectivity index (χ3v) is 8.12. The lowest BCUT2D eigenvalue weighted by molar-refractivity contribution is 0.756. The Hall–Kier alpha value is -0.460. The van der Waals surface area contributed by atoms with Crippen molar-refractivity contribution in [2.45, 2.75) is 37.7 Å². The molecule has 2 atom stereocenters. The van der Waals surface area contributed by atoms with E-state index < -0.39 is 0 Å². The summed E-state index contributed by atoms with van der Waals surface area (Å²) in [5.74, 6) is 3.99. The number of nitrogens with zero attached hydrogens (tertiary/aromatic N) is 2. The highest BCUT2D eigenvalue weighted by Crippen LogP contribution is 2.44. The minimum Gasteiger partial charge on any atom is -0.383 e. The van der Waals surface area contributed by atoms with Gasteiger partial charge in [-0.3, -0.25) is 0 Å². The zero-order valence-corrected chi connectivity index (χ0v) is 14.4. The van der Waals surface area contributed by atoms with Crippen molar-refractivity contribution in [1.29, 1.82) is 0 Å². The molecule has 2 N–H and O–H groups in total. The predicted molar refractivity (Wildman–Crippen MR) is 93.0 cm³/mol. The van der Waals surface area contributed by atoms with Gasteiger partial charge >= 0.3 is 0 Å². The second-order valence-corrected chi connectivity index (χ2v) is 8.84. The van der Waals surface area contributed by atoms with Gasteiger partial charge in [0.05, 0.1) is 10.6 Å². The summed E-state index contributed by atoms with van der Waals surface area (Å²) in [7, 11) is 0. The number of hydrogen-bond donors (Lipinski definition) is 1. The van der Waals surface area contributed by atoms with Crippen molar-refractivity contribution < 1.29 is 0 Å². The van der Waals surface area contributed by atoms with Gasteiger partial charge < -0.3 is 5.73 Å². The molecule has 1 fully saturated rings. The highest BCUT2D eigenvalue weighted by molar-refractivity contribution is 8.06. The monoisotopic (exact) mass is 325 g/mol. The fourth-order valence-electron chi connectivity index (χ4n) is 2.57. The topological polar surface area (TPSA) is 51.8 Å². The van der Waals surface area contributed by atoms with E-state index in [1.807, 2.05) is 23.5 Å². The maximum absolute atomic E-state index is 6.20. The molecular formula is C14H19N3S3. The van der Waals surface area contributed by atoms with Crippen LogP contribution in [0.25, 0.3) is 10.2 Å². The molecule has 0 spiro atoms. The number of fused-ring (bicyclic) bond motifs is 1. The molecule has 1 aliphatic heterocycles. The maximum Gasteiger partial charge on any atom is 0.146 e. The number of nitrogens with two attached hydrogens (primary N) is 1. The molecule has 20 heavy (non-hydrogen) atoms. The summed E-state index contributed by atoms with van der Waals surface area (Å²) in [5, 5.41) is 2.04. The Morgan fingerprint density at radius 2 is 1.95 bits per heavy atom. The summed E-state index contributed by atoms with van der Waals surface area (Å²) in [4.78, 5) is 11.8. The minimum atomic E-state index is 0.383. The first-order valence-electron chi connectivity index (χ1n) is 6.88. The van der Waals surface area contributed by atoms with Gasteiger partial charge in [-0.25, -0.2) is 9.97 Å². The van der Waals surface area contributed by atoms with Crippen molar-refractivity contribution >= 4 is 50.9 Å². The molecule has 1 saturated heterocycles. The van der Waals surface area contributed by atoms with Crippen LogP contribution in [0.15, 0.2) is 0 Å².